The number of rotatable bonds is 8. The SMILES string of the molecule is CCNC(=NCc1nncn1CC)NCCCc1ccccc1.I. The Morgan fingerprint density at radius 3 is 2.67 bits per heavy atom. The molecule has 6 nitrogen and oxygen atoms in total. The molecule has 0 saturated heterocycles. The molecule has 2 N–H and O–H groups in total. The molecule has 7 heteroatoms. The van der Waals surface area contributed by atoms with Crippen molar-refractivity contribution in [3.8, 4) is 0 Å². The number of aryl methyl sites for hydroxylation is 2. The molecule has 2 rings (SSSR count). The lowest BCUT2D eigenvalue weighted by atomic mass is 10.1. The van der Waals surface area contributed by atoms with Crippen LogP contribution in [0.5, 0.6) is 0 Å². The van der Waals surface area contributed by atoms with Crippen LogP contribution >= 0.6 is 24.0 Å². The van der Waals surface area contributed by atoms with Crippen LogP contribution in [0.1, 0.15) is 31.7 Å². The number of guanidine groups is 1. The van der Waals surface area contributed by atoms with Gasteiger partial charge in [-0.3, -0.25) is 0 Å². The van der Waals surface area contributed by atoms with Crippen LogP contribution in [0.25, 0.3) is 0 Å². The molecule has 0 saturated carbocycles. The lowest BCUT2D eigenvalue weighted by molar-refractivity contribution is 0.691. The molecule has 1 aromatic carbocycles. The van der Waals surface area contributed by atoms with Crippen molar-refractivity contribution in [2.45, 2.75) is 39.8 Å². The van der Waals surface area contributed by atoms with Gasteiger partial charge in [0.2, 0.25) is 0 Å². The van der Waals surface area contributed by atoms with Crippen LogP contribution in [0, 0.1) is 0 Å². The second kappa shape index (κ2) is 11.8. The minimum absolute atomic E-state index is 0. The second-order valence-corrected chi connectivity index (χ2v) is 5.24. The molecule has 0 fully saturated rings. The van der Waals surface area contributed by atoms with Crippen molar-refractivity contribution in [3.63, 3.8) is 0 Å². The number of nitrogens with zero attached hydrogens (tertiary/aromatic N) is 4. The minimum atomic E-state index is 0. The Hall–Kier alpha value is -1.64. The minimum Gasteiger partial charge on any atom is -0.357 e. The van der Waals surface area contributed by atoms with Crippen LogP contribution in [0.2, 0.25) is 0 Å². The number of hydrogen-bond donors (Lipinski definition) is 2. The summed E-state index contributed by atoms with van der Waals surface area (Å²) in [5.41, 5.74) is 1.37. The lowest BCUT2D eigenvalue weighted by Gasteiger charge is -2.11. The van der Waals surface area contributed by atoms with Crippen molar-refractivity contribution in [1.29, 1.82) is 0 Å². The largest absolute Gasteiger partial charge is 0.357 e. The third kappa shape index (κ3) is 6.86. The van der Waals surface area contributed by atoms with E-state index >= 15 is 0 Å². The van der Waals surface area contributed by atoms with E-state index < -0.39 is 0 Å². The van der Waals surface area contributed by atoms with E-state index in [0.717, 1.165) is 44.3 Å². The highest BCUT2D eigenvalue weighted by Crippen LogP contribution is 2.01. The quantitative estimate of drug-likeness (QED) is 0.286. The molecule has 132 valence electrons. The molecule has 0 radical (unpaired) electrons. The summed E-state index contributed by atoms with van der Waals surface area (Å²) in [5, 5.41) is 14.7. The van der Waals surface area contributed by atoms with Crippen molar-refractivity contribution in [2.24, 2.45) is 4.99 Å². The molecule has 0 unspecified atom stereocenters. The van der Waals surface area contributed by atoms with Gasteiger partial charge in [-0.2, -0.15) is 0 Å². The van der Waals surface area contributed by atoms with Crippen LogP contribution in [-0.4, -0.2) is 33.8 Å². The van der Waals surface area contributed by atoms with E-state index in [9.17, 15) is 0 Å². The Labute approximate surface area is 161 Å². The number of aromatic nitrogens is 3. The standard InChI is InChI=1S/C17H26N6.HI/c1-3-18-17(20-13-16-22-21-14-23(16)4-2)19-12-8-11-15-9-6-5-7-10-15;/h5-7,9-10,14H,3-4,8,11-13H2,1-2H3,(H2,18,19,20);1H. The molecule has 0 atom stereocenters. The first kappa shape index (κ1) is 20.4. The van der Waals surface area contributed by atoms with Crippen LogP contribution in [-0.2, 0) is 19.5 Å². The molecule has 1 heterocycles. The van der Waals surface area contributed by atoms with E-state index in [1.54, 1.807) is 6.33 Å². The van der Waals surface area contributed by atoms with Gasteiger partial charge in [0.25, 0.3) is 0 Å². The lowest BCUT2D eigenvalue weighted by Crippen LogP contribution is -2.38. The van der Waals surface area contributed by atoms with E-state index in [2.05, 4.69) is 63.9 Å². The molecular weight excluding hydrogens is 415 g/mol. The summed E-state index contributed by atoms with van der Waals surface area (Å²) in [4.78, 5) is 4.58. The molecule has 0 aliphatic heterocycles. The summed E-state index contributed by atoms with van der Waals surface area (Å²) in [6, 6.07) is 10.5. The number of benzene rings is 1. The molecule has 2 aromatic rings. The highest BCUT2D eigenvalue weighted by Gasteiger charge is 2.03. The van der Waals surface area contributed by atoms with E-state index in [4.69, 9.17) is 0 Å². The molecule has 0 aliphatic carbocycles. The van der Waals surface area contributed by atoms with Gasteiger partial charge in [0.05, 0.1) is 0 Å². The molecule has 0 aliphatic rings. The van der Waals surface area contributed by atoms with E-state index in [1.165, 1.54) is 5.56 Å². The smallest absolute Gasteiger partial charge is 0.191 e. The first-order valence-electron chi connectivity index (χ1n) is 8.26. The summed E-state index contributed by atoms with van der Waals surface area (Å²) in [6.07, 6.45) is 3.88. The topological polar surface area (TPSA) is 67.1 Å². The van der Waals surface area contributed by atoms with Gasteiger partial charge in [0.15, 0.2) is 11.8 Å². The number of nitrogens with one attached hydrogen (secondary N) is 2. The van der Waals surface area contributed by atoms with Gasteiger partial charge in [-0.15, -0.1) is 34.2 Å². The van der Waals surface area contributed by atoms with Gasteiger partial charge in [-0.25, -0.2) is 4.99 Å². The van der Waals surface area contributed by atoms with Crippen LogP contribution in [0.15, 0.2) is 41.7 Å². The Balaban J connectivity index is 0.00000288. The predicted molar refractivity (Wildman–Crippen MR) is 109 cm³/mol. The van der Waals surface area contributed by atoms with Crippen LogP contribution in [0.4, 0.5) is 0 Å². The molecule has 0 bridgehead atoms. The van der Waals surface area contributed by atoms with Crippen molar-refractivity contribution in [3.05, 3.63) is 48.0 Å². The highest BCUT2D eigenvalue weighted by molar-refractivity contribution is 14.0. The van der Waals surface area contributed by atoms with Crippen molar-refractivity contribution in [1.82, 2.24) is 25.4 Å². The van der Waals surface area contributed by atoms with Gasteiger partial charge in [-0.1, -0.05) is 30.3 Å². The summed E-state index contributed by atoms with van der Waals surface area (Å²) in [6.45, 7) is 7.26. The monoisotopic (exact) mass is 442 g/mol. The van der Waals surface area contributed by atoms with E-state index in [1.807, 2.05) is 10.6 Å². The van der Waals surface area contributed by atoms with Crippen molar-refractivity contribution >= 4 is 29.9 Å². The molecule has 0 spiro atoms. The Morgan fingerprint density at radius 1 is 1.17 bits per heavy atom. The van der Waals surface area contributed by atoms with E-state index in [0.29, 0.717) is 6.54 Å². The average Bonchev–Trinajstić information content (AvgIpc) is 3.05. The highest BCUT2D eigenvalue weighted by atomic mass is 127. The Bertz CT molecular complexity index is 596. The summed E-state index contributed by atoms with van der Waals surface area (Å²) >= 11 is 0. The zero-order valence-corrected chi connectivity index (χ0v) is 16.7. The van der Waals surface area contributed by atoms with Crippen molar-refractivity contribution < 1.29 is 0 Å². The first-order valence-corrected chi connectivity index (χ1v) is 8.26. The Morgan fingerprint density at radius 2 is 1.96 bits per heavy atom. The summed E-state index contributed by atoms with van der Waals surface area (Å²) in [5.74, 6) is 1.71. The summed E-state index contributed by atoms with van der Waals surface area (Å²) in [7, 11) is 0. The van der Waals surface area contributed by atoms with Gasteiger partial charge in [0, 0.05) is 19.6 Å². The zero-order valence-electron chi connectivity index (χ0n) is 14.4. The number of halogens is 1. The summed E-state index contributed by atoms with van der Waals surface area (Å²) < 4.78 is 2.00. The third-order valence-corrected chi connectivity index (χ3v) is 3.54. The van der Waals surface area contributed by atoms with Gasteiger partial charge in [0.1, 0.15) is 12.9 Å². The fraction of sp³-hybridized carbons (Fsp3) is 0.471. The van der Waals surface area contributed by atoms with E-state index in [-0.39, 0.29) is 24.0 Å². The molecular formula is C17H27IN6. The first-order chi connectivity index (χ1) is 11.3. The molecule has 0 amide bonds. The second-order valence-electron chi connectivity index (χ2n) is 5.24. The third-order valence-electron chi connectivity index (χ3n) is 3.54. The average molecular weight is 442 g/mol. The van der Waals surface area contributed by atoms with Crippen molar-refractivity contribution in [2.75, 3.05) is 13.1 Å². The fourth-order valence-electron chi connectivity index (χ4n) is 2.30. The zero-order chi connectivity index (χ0) is 16.3. The maximum atomic E-state index is 4.58. The Kier molecular flexibility index (Phi) is 10.1. The van der Waals surface area contributed by atoms with Gasteiger partial charge < -0.3 is 15.2 Å². The maximum absolute atomic E-state index is 4.58. The molecule has 1 aromatic heterocycles. The van der Waals surface area contributed by atoms with Gasteiger partial charge >= 0.3 is 0 Å². The predicted octanol–water partition coefficient (Wildman–Crippen LogP) is 2.60. The van der Waals surface area contributed by atoms with Crippen LogP contribution in [0.3, 0.4) is 0 Å². The van der Waals surface area contributed by atoms with Gasteiger partial charge in [-0.05, 0) is 32.3 Å². The maximum Gasteiger partial charge on any atom is 0.191 e. The normalized spacial score (nSPS) is 11.0. The fourth-order valence-corrected chi connectivity index (χ4v) is 2.30. The number of aliphatic imine (C=N–C) groups is 1. The van der Waals surface area contributed by atoms with Crippen LogP contribution < -0.4 is 10.6 Å². The number of hydrogen-bond acceptors (Lipinski definition) is 3. The molecule has 24 heavy (non-hydrogen) atoms.